The molecule has 1 amide bonds. The second-order valence-electron chi connectivity index (χ2n) is 6.62. The van der Waals surface area contributed by atoms with Gasteiger partial charge in [-0.15, -0.1) is 11.8 Å². The zero-order chi connectivity index (χ0) is 17.6. The van der Waals surface area contributed by atoms with E-state index in [9.17, 15) is 19.5 Å². The summed E-state index contributed by atoms with van der Waals surface area (Å²) in [4.78, 5) is 34.0. The van der Waals surface area contributed by atoms with Crippen LogP contribution >= 0.6 is 11.8 Å². The molecule has 0 radical (unpaired) electrons. The van der Waals surface area contributed by atoms with Crippen LogP contribution in [0.25, 0.3) is 0 Å². The lowest BCUT2D eigenvalue weighted by atomic mass is 10.2. The highest BCUT2D eigenvalue weighted by atomic mass is 32.2. The summed E-state index contributed by atoms with van der Waals surface area (Å²) in [6, 6.07) is -1.25. The maximum absolute atomic E-state index is 11.5. The predicted molar refractivity (Wildman–Crippen MR) is 81.3 cm³/mol. The molecule has 0 saturated carbocycles. The number of carbonyl (C=O) groups is 3. The third kappa shape index (κ3) is 11.2. The highest BCUT2D eigenvalue weighted by Crippen LogP contribution is 2.11. The second-order valence-corrected chi connectivity index (χ2v) is 7.65. The first-order valence-corrected chi connectivity index (χ1v) is 7.95. The van der Waals surface area contributed by atoms with Crippen LogP contribution in [-0.4, -0.2) is 46.8 Å². The van der Waals surface area contributed by atoms with Gasteiger partial charge in [-0.1, -0.05) is 0 Å². The number of aliphatic carboxylic acids is 1. The molecule has 22 heavy (non-hydrogen) atoms. The fourth-order valence-electron chi connectivity index (χ4n) is 1.25. The highest BCUT2D eigenvalue weighted by molar-refractivity contribution is 8.00. The number of nitrogens with one attached hydrogen (secondary N) is 1. The molecule has 0 heterocycles. The van der Waals surface area contributed by atoms with Gasteiger partial charge >= 0.3 is 12.1 Å². The predicted octanol–water partition coefficient (Wildman–Crippen LogP) is 0.705. The van der Waals surface area contributed by atoms with Crippen LogP contribution in [0.5, 0.6) is 0 Å². The van der Waals surface area contributed by atoms with Gasteiger partial charge in [-0.3, -0.25) is 4.79 Å². The Morgan fingerprint density at radius 1 is 1.05 bits per heavy atom. The van der Waals surface area contributed by atoms with Gasteiger partial charge in [0.2, 0.25) is 0 Å². The molecule has 0 aliphatic rings. The average Bonchev–Trinajstić information content (AvgIpc) is 2.22. The van der Waals surface area contributed by atoms with E-state index in [1.165, 1.54) is 0 Å². The van der Waals surface area contributed by atoms with E-state index in [4.69, 9.17) is 9.47 Å². The van der Waals surface area contributed by atoms with Crippen molar-refractivity contribution in [1.29, 1.82) is 0 Å². The van der Waals surface area contributed by atoms with Gasteiger partial charge in [0.15, 0.2) is 0 Å². The summed E-state index contributed by atoms with van der Waals surface area (Å²) in [5.41, 5.74) is -1.33. The van der Waals surface area contributed by atoms with Crippen molar-refractivity contribution < 1.29 is 29.0 Å². The summed E-state index contributed by atoms with van der Waals surface area (Å²) < 4.78 is 10.1. The Morgan fingerprint density at radius 2 is 1.55 bits per heavy atom. The van der Waals surface area contributed by atoms with Gasteiger partial charge in [0.25, 0.3) is 0 Å². The monoisotopic (exact) mass is 334 g/mol. The Bertz CT molecular complexity index is 411. The maximum Gasteiger partial charge on any atom is 0.408 e. The fraction of sp³-hybridized carbons (Fsp3) is 0.786. The number of carboxylic acid groups (broad SMARTS) is 1. The van der Waals surface area contributed by atoms with Gasteiger partial charge in [0.05, 0.1) is 17.8 Å². The van der Waals surface area contributed by atoms with E-state index in [1.807, 2.05) is 0 Å². The molecule has 0 bridgehead atoms. The topological polar surface area (TPSA) is 105 Å². The quantitative estimate of drug-likeness (QED) is 0.713. The largest absolute Gasteiger partial charge is 0.548 e. The zero-order valence-corrected chi connectivity index (χ0v) is 14.7. The van der Waals surface area contributed by atoms with Gasteiger partial charge < -0.3 is 24.7 Å². The molecule has 7 nitrogen and oxygen atoms in total. The molecular formula is C14H24NO6S-. The molecule has 0 rings (SSSR count). The molecule has 0 spiro atoms. The Labute approximate surface area is 135 Å². The van der Waals surface area contributed by atoms with E-state index in [0.29, 0.717) is 0 Å². The zero-order valence-electron chi connectivity index (χ0n) is 13.8. The van der Waals surface area contributed by atoms with Crippen LogP contribution in [0.2, 0.25) is 0 Å². The molecule has 0 unspecified atom stereocenters. The number of thioether (sulfide) groups is 1. The smallest absolute Gasteiger partial charge is 0.408 e. The minimum absolute atomic E-state index is 0.0168. The molecule has 8 heteroatoms. The van der Waals surface area contributed by atoms with Crippen LogP contribution in [0.1, 0.15) is 41.5 Å². The number of esters is 1. The molecule has 1 atom stereocenters. The summed E-state index contributed by atoms with van der Waals surface area (Å²) >= 11 is 1.03. The highest BCUT2D eigenvalue weighted by Gasteiger charge is 2.21. The normalized spacial score (nSPS) is 13.2. The van der Waals surface area contributed by atoms with Gasteiger partial charge in [-0.25, -0.2) is 4.79 Å². The van der Waals surface area contributed by atoms with Gasteiger partial charge in [0, 0.05) is 5.75 Å². The average molecular weight is 334 g/mol. The number of rotatable bonds is 6. The van der Waals surface area contributed by atoms with Gasteiger partial charge in [-0.2, -0.15) is 0 Å². The molecule has 0 fully saturated rings. The van der Waals surface area contributed by atoms with E-state index in [1.54, 1.807) is 41.5 Å². The molecule has 128 valence electrons. The molecule has 0 aromatic heterocycles. The van der Waals surface area contributed by atoms with E-state index in [0.717, 1.165) is 11.8 Å². The lowest BCUT2D eigenvalue weighted by molar-refractivity contribution is -0.307. The van der Waals surface area contributed by atoms with Crippen molar-refractivity contribution in [2.75, 3.05) is 11.5 Å². The van der Waals surface area contributed by atoms with Crippen molar-refractivity contribution >= 4 is 29.8 Å². The Hall–Kier alpha value is -1.44. The Balaban J connectivity index is 4.30. The number of alkyl carbamates (subject to hydrolysis) is 1. The molecule has 1 N–H and O–H groups in total. The van der Waals surface area contributed by atoms with E-state index in [-0.39, 0.29) is 11.5 Å². The van der Waals surface area contributed by atoms with Crippen LogP contribution in [0.15, 0.2) is 0 Å². The minimum Gasteiger partial charge on any atom is -0.548 e. The molecule has 0 aliphatic heterocycles. The summed E-state index contributed by atoms with van der Waals surface area (Å²) in [7, 11) is 0. The number of carbonyl (C=O) groups excluding carboxylic acids is 3. The molecule has 0 aromatic carbocycles. The summed E-state index contributed by atoms with van der Waals surface area (Å²) in [5.74, 6) is -1.94. The molecule has 0 aromatic rings. The Kier molecular flexibility index (Phi) is 7.72. The Morgan fingerprint density at radius 3 is 1.95 bits per heavy atom. The third-order valence-electron chi connectivity index (χ3n) is 1.90. The number of amides is 1. The van der Waals surface area contributed by atoms with Crippen LogP contribution in [-0.2, 0) is 19.1 Å². The van der Waals surface area contributed by atoms with E-state index in [2.05, 4.69) is 5.32 Å². The van der Waals surface area contributed by atoms with Crippen molar-refractivity contribution in [2.45, 2.75) is 58.8 Å². The number of ether oxygens (including phenoxy) is 2. The van der Waals surface area contributed by atoms with Gasteiger partial charge in [-0.05, 0) is 41.5 Å². The minimum atomic E-state index is -1.44. The first-order chi connectivity index (χ1) is 9.80. The number of hydrogen-bond donors (Lipinski definition) is 1. The standard InChI is InChI=1S/C14H25NO6S/c1-13(2,3)20-10(16)8-22-7-9(11(17)18)15-12(19)21-14(4,5)6/h9H,7-8H2,1-6H3,(H,15,19)(H,17,18)/p-1/t9-/m0/s1. The SMILES string of the molecule is CC(C)(C)OC(=O)CSC[C@H](NC(=O)OC(C)(C)C)C(=O)[O-]. The summed E-state index contributed by atoms with van der Waals surface area (Å²) in [6.45, 7) is 10.2. The maximum atomic E-state index is 11.5. The van der Waals surface area contributed by atoms with Crippen molar-refractivity contribution in [3.63, 3.8) is 0 Å². The van der Waals surface area contributed by atoms with Crippen molar-refractivity contribution in [1.82, 2.24) is 5.32 Å². The lowest BCUT2D eigenvalue weighted by Crippen LogP contribution is -2.50. The second kappa shape index (κ2) is 8.26. The van der Waals surface area contributed by atoms with Crippen LogP contribution in [0.4, 0.5) is 4.79 Å². The summed E-state index contributed by atoms with van der Waals surface area (Å²) in [5, 5.41) is 13.2. The first-order valence-electron chi connectivity index (χ1n) is 6.80. The van der Waals surface area contributed by atoms with Crippen LogP contribution in [0, 0.1) is 0 Å². The molecule has 0 saturated heterocycles. The summed E-state index contributed by atoms with van der Waals surface area (Å²) in [6.07, 6.45) is -0.848. The van der Waals surface area contributed by atoms with Crippen molar-refractivity contribution in [3.8, 4) is 0 Å². The number of hydrogen-bond acceptors (Lipinski definition) is 7. The molecular weight excluding hydrogens is 310 g/mol. The molecule has 0 aliphatic carbocycles. The first kappa shape index (κ1) is 20.6. The third-order valence-corrected chi connectivity index (χ3v) is 2.91. The van der Waals surface area contributed by atoms with Gasteiger partial charge in [0.1, 0.15) is 11.2 Å². The van der Waals surface area contributed by atoms with Crippen LogP contribution in [0.3, 0.4) is 0 Å². The fourth-order valence-corrected chi connectivity index (χ4v) is 2.05. The van der Waals surface area contributed by atoms with Crippen molar-refractivity contribution in [2.24, 2.45) is 0 Å². The van der Waals surface area contributed by atoms with Crippen LogP contribution < -0.4 is 10.4 Å². The number of carboxylic acids is 1. The van der Waals surface area contributed by atoms with E-state index < -0.39 is 35.3 Å². The van der Waals surface area contributed by atoms with E-state index >= 15 is 0 Å². The van der Waals surface area contributed by atoms with Crippen molar-refractivity contribution in [3.05, 3.63) is 0 Å². The lowest BCUT2D eigenvalue weighted by Gasteiger charge is -2.24.